The molecule has 2 amide bonds. The van der Waals surface area contributed by atoms with Gasteiger partial charge in [-0.05, 0) is 48.6 Å². The van der Waals surface area contributed by atoms with Crippen molar-refractivity contribution in [3.8, 4) is 0 Å². The van der Waals surface area contributed by atoms with E-state index >= 15 is 0 Å². The standard InChI is InChI=1S/C44H50B2N6O10/c1-27(2)19-32(24-37(54)33(22-30-13-9-6-10-14-30)51-42(56)35-26-48-16-18-50-35)45-59-39-40(43(57)61-45)60-46(62-44(39)58)38(20-28(3)4)52-41(55)31(21-29-11-7-5-8-12-29)23-36(53)34-25-47-15-17-49-34/h5-18,25-28,31-33,38-40H,19-24H2,1-4H3,(H,51,56)(H,52,55)/t31?,32-,33?,38+,39?,40?/m1/s1. The lowest BCUT2D eigenvalue weighted by Gasteiger charge is -2.41. The largest absolute Gasteiger partial charge is 0.552 e. The topological polar surface area (TPSA) is 215 Å². The van der Waals surface area contributed by atoms with Gasteiger partial charge in [0.05, 0.1) is 24.4 Å². The predicted molar refractivity (Wildman–Crippen MR) is 226 cm³/mol. The fourth-order valence-electron chi connectivity index (χ4n) is 7.61. The lowest BCUT2D eigenvalue weighted by molar-refractivity contribution is -0.178. The summed E-state index contributed by atoms with van der Waals surface area (Å²) in [5.74, 6) is -6.08. The highest BCUT2D eigenvalue weighted by molar-refractivity contribution is 6.53. The van der Waals surface area contributed by atoms with Gasteiger partial charge in [0.25, 0.3) is 5.91 Å². The minimum Gasteiger partial charge on any atom is -0.507 e. The average Bonchev–Trinajstić information content (AvgIpc) is 3.26. The summed E-state index contributed by atoms with van der Waals surface area (Å²) < 4.78 is 23.8. The molecule has 62 heavy (non-hydrogen) atoms. The van der Waals surface area contributed by atoms with Gasteiger partial charge in [-0.3, -0.25) is 38.7 Å². The van der Waals surface area contributed by atoms with Crippen LogP contribution in [0.25, 0.3) is 0 Å². The van der Waals surface area contributed by atoms with Crippen molar-refractivity contribution in [2.24, 2.45) is 17.8 Å². The number of nitrogens with zero attached hydrogens (tertiary/aromatic N) is 4. The van der Waals surface area contributed by atoms with E-state index in [0.29, 0.717) is 6.42 Å². The molecule has 6 rings (SSSR count). The zero-order valence-corrected chi connectivity index (χ0v) is 35.1. The lowest BCUT2D eigenvalue weighted by Crippen LogP contribution is -2.65. The quantitative estimate of drug-likeness (QED) is 0.0949. The van der Waals surface area contributed by atoms with Crippen LogP contribution in [0, 0.1) is 17.8 Å². The average molecular weight is 845 g/mol. The van der Waals surface area contributed by atoms with Crippen LogP contribution in [0.4, 0.5) is 0 Å². The van der Waals surface area contributed by atoms with Gasteiger partial charge >= 0.3 is 26.2 Å². The van der Waals surface area contributed by atoms with E-state index in [9.17, 15) is 28.8 Å². The molecule has 0 aliphatic carbocycles. The van der Waals surface area contributed by atoms with Crippen molar-refractivity contribution in [1.82, 2.24) is 30.6 Å². The van der Waals surface area contributed by atoms with Gasteiger partial charge in [0.2, 0.25) is 5.91 Å². The molecule has 2 aromatic carbocycles. The SMILES string of the molecule is CC(C)C[C@H](CC(=O)C(Cc1ccccc1)NC(=O)c1cnccn1)B1OC(=O)C2OB([C@H](CC(C)C)NC(=O)C(CC(=O)c3cnccn3)Cc3ccccc3)OC(=O)C2O1. The van der Waals surface area contributed by atoms with Crippen LogP contribution >= 0.6 is 0 Å². The highest BCUT2D eigenvalue weighted by atomic mass is 16.7. The predicted octanol–water partition coefficient (Wildman–Crippen LogP) is 4.05. The van der Waals surface area contributed by atoms with Crippen LogP contribution in [0.1, 0.15) is 85.5 Å². The van der Waals surface area contributed by atoms with E-state index < -0.39 is 73.9 Å². The lowest BCUT2D eigenvalue weighted by atomic mass is 9.63. The van der Waals surface area contributed by atoms with Crippen molar-refractivity contribution >= 4 is 49.6 Å². The Hall–Kier alpha value is -6.13. The highest BCUT2D eigenvalue weighted by Crippen LogP contribution is 2.34. The number of aromatic nitrogens is 4. The maximum Gasteiger partial charge on any atom is 0.552 e. The Bertz CT molecular complexity index is 2000. The van der Waals surface area contributed by atoms with Gasteiger partial charge < -0.3 is 29.3 Å². The fraction of sp³-hybridized carbons (Fsp3) is 0.409. The third kappa shape index (κ3) is 12.5. The molecule has 0 saturated carbocycles. The maximum absolute atomic E-state index is 14.1. The number of carbonyl (C=O) groups is 6. The van der Waals surface area contributed by atoms with Crippen molar-refractivity contribution < 1.29 is 47.4 Å². The molecule has 2 aliphatic heterocycles. The molecule has 18 heteroatoms. The Morgan fingerprint density at radius 1 is 0.661 bits per heavy atom. The second-order valence-corrected chi connectivity index (χ2v) is 16.4. The van der Waals surface area contributed by atoms with Crippen LogP contribution in [0.3, 0.4) is 0 Å². The zero-order valence-electron chi connectivity index (χ0n) is 35.1. The molecular formula is C44H50B2N6O10. The summed E-state index contributed by atoms with van der Waals surface area (Å²) >= 11 is 0. The second kappa shape index (κ2) is 21.6. The summed E-state index contributed by atoms with van der Waals surface area (Å²) in [5, 5.41) is 5.75. The van der Waals surface area contributed by atoms with Gasteiger partial charge in [0.15, 0.2) is 23.8 Å². The number of hydrogen-bond donors (Lipinski definition) is 2. The summed E-state index contributed by atoms with van der Waals surface area (Å²) in [7, 11) is -2.73. The van der Waals surface area contributed by atoms with E-state index in [1.54, 1.807) is 0 Å². The van der Waals surface area contributed by atoms with Crippen LogP contribution in [0.2, 0.25) is 5.82 Å². The number of carbonyl (C=O) groups excluding carboxylic acids is 6. The number of Topliss-reactive ketones (excluding diaryl/α,β-unsaturated/α-hetero) is 2. The third-order valence-electron chi connectivity index (χ3n) is 10.5. The minimum atomic E-state index is -1.53. The zero-order chi connectivity index (χ0) is 44.2. The molecule has 4 unspecified atom stereocenters. The van der Waals surface area contributed by atoms with Crippen LogP contribution < -0.4 is 10.6 Å². The van der Waals surface area contributed by atoms with Crippen LogP contribution in [0.15, 0.2) is 97.8 Å². The van der Waals surface area contributed by atoms with E-state index in [4.69, 9.17) is 18.6 Å². The molecule has 0 radical (unpaired) electrons. The van der Waals surface area contributed by atoms with Crippen LogP contribution in [-0.4, -0.2) is 93.7 Å². The van der Waals surface area contributed by atoms with Gasteiger partial charge in [-0.1, -0.05) is 88.4 Å². The molecule has 0 spiro atoms. The van der Waals surface area contributed by atoms with Crippen molar-refractivity contribution in [3.63, 3.8) is 0 Å². The third-order valence-corrected chi connectivity index (χ3v) is 10.5. The molecule has 6 atom stereocenters. The number of benzene rings is 2. The number of ketones is 2. The molecule has 4 heterocycles. The molecule has 2 fully saturated rings. The molecule has 322 valence electrons. The number of nitrogens with one attached hydrogen (secondary N) is 2. The normalized spacial score (nSPS) is 18.2. The van der Waals surface area contributed by atoms with Crippen LogP contribution in [-0.2, 0) is 50.6 Å². The first-order chi connectivity index (χ1) is 29.8. The van der Waals surface area contributed by atoms with Gasteiger partial charge in [-0.25, -0.2) is 9.97 Å². The van der Waals surface area contributed by atoms with Gasteiger partial charge in [-0.15, -0.1) is 0 Å². The van der Waals surface area contributed by atoms with E-state index in [2.05, 4.69) is 30.6 Å². The maximum atomic E-state index is 14.1. The van der Waals surface area contributed by atoms with Crippen molar-refractivity contribution in [1.29, 1.82) is 0 Å². The number of hydrogen-bond acceptors (Lipinski definition) is 14. The number of amides is 2. The summed E-state index contributed by atoms with van der Waals surface area (Å²) in [6, 6.07) is 17.5. The molecule has 2 aromatic heterocycles. The van der Waals surface area contributed by atoms with Gasteiger partial charge in [0.1, 0.15) is 11.4 Å². The molecule has 2 saturated heterocycles. The minimum absolute atomic E-state index is 0.00978. The monoisotopic (exact) mass is 844 g/mol. The van der Waals surface area contributed by atoms with Gasteiger partial charge in [-0.2, -0.15) is 0 Å². The molecule has 16 nitrogen and oxygen atoms in total. The molecule has 4 aromatic rings. The van der Waals surface area contributed by atoms with E-state index in [1.807, 2.05) is 88.4 Å². The second-order valence-electron chi connectivity index (χ2n) is 16.4. The van der Waals surface area contributed by atoms with Crippen molar-refractivity contribution in [3.05, 3.63) is 120 Å². The Balaban J connectivity index is 1.16. The summed E-state index contributed by atoms with van der Waals surface area (Å²) in [6.07, 6.45) is 5.96. The fourth-order valence-corrected chi connectivity index (χ4v) is 7.61. The first-order valence-corrected chi connectivity index (χ1v) is 20.8. The Morgan fingerprint density at radius 2 is 1.21 bits per heavy atom. The van der Waals surface area contributed by atoms with E-state index in [-0.39, 0.29) is 66.9 Å². The number of fused-ring (bicyclic) bond motifs is 1. The summed E-state index contributed by atoms with van der Waals surface area (Å²) in [5.41, 5.74) is 1.80. The Kier molecular flexibility index (Phi) is 15.8. The summed E-state index contributed by atoms with van der Waals surface area (Å²) in [4.78, 5) is 98.3. The van der Waals surface area contributed by atoms with E-state index in [0.717, 1.165) is 11.1 Å². The van der Waals surface area contributed by atoms with Gasteiger partial charge in [0, 0.05) is 49.4 Å². The first kappa shape index (κ1) is 45.4. The summed E-state index contributed by atoms with van der Waals surface area (Å²) in [6.45, 7) is 7.69. The molecule has 2 N–H and O–H groups in total. The molecular weight excluding hydrogens is 794 g/mol. The van der Waals surface area contributed by atoms with Crippen LogP contribution in [0.5, 0.6) is 0 Å². The highest BCUT2D eigenvalue weighted by Gasteiger charge is 2.57. The molecule has 0 bridgehead atoms. The van der Waals surface area contributed by atoms with Crippen molar-refractivity contribution in [2.75, 3.05) is 0 Å². The first-order valence-electron chi connectivity index (χ1n) is 20.8. The van der Waals surface area contributed by atoms with Crippen molar-refractivity contribution in [2.45, 2.75) is 96.2 Å². The number of rotatable bonds is 20. The Morgan fingerprint density at radius 3 is 1.77 bits per heavy atom. The Labute approximate surface area is 361 Å². The molecule has 2 aliphatic rings. The smallest absolute Gasteiger partial charge is 0.507 e. The van der Waals surface area contributed by atoms with E-state index in [1.165, 1.54) is 37.2 Å².